The van der Waals surface area contributed by atoms with Crippen LogP contribution in [0.5, 0.6) is 0 Å². The predicted molar refractivity (Wildman–Crippen MR) is 94.9 cm³/mol. The summed E-state index contributed by atoms with van der Waals surface area (Å²) in [6, 6.07) is 13.8. The molecule has 0 unspecified atom stereocenters. The summed E-state index contributed by atoms with van der Waals surface area (Å²) < 4.78 is 31.2. The van der Waals surface area contributed by atoms with E-state index in [-0.39, 0.29) is 29.5 Å². The van der Waals surface area contributed by atoms with Crippen LogP contribution in [0.15, 0.2) is 48.5 Å². The largest absolute Gasteiger partial charge is 0.384 e. The van der Waals surface area contributed by atoms with Crippen molar-refractivity contribution in [3.63, 3.8) is 0 Å². The number of para-hydroxylation sites is 1. The van der Waals surface area contributed by atoms with Crippen LogP contribution < -0.4 is 10.0 Å². The van der Waals surface area contributed by atoms with Crippen molar-refractivity contribution < 1.29 is 17.9 Å². The van der Waals surface area contributed by atoms with Crippen LogP contribution >= 0.6 is 0 Å². The number of hydrogen-bond acceptors (Lipinski definition) is 4. The van der Waals surface area contributed by atoms with E-state index in [0.29, 0.717) is 5.69 Å². The first-order valence-electron chi connectivity index (χ1n) is 7.38. The number of nitrogens with one attached hydrogen (secondary N) is 2. The van der Waals surface area contributed by atoms with Crippen LogP contribution in [0, 0.1) is 6.92 Å². The van der Waals surface area contributed by atoms with Gasteiger partial charge in [-0.25, -0.2) is 8.42 Å². The number of carbonyl (C=O) groups excluding carboxylic acids is 1. The Hall–Kier alpha value is -2.38. The van der Waals surface area contributed by atoms with Crippen LogP contribution in [0.2, 0.25) is 0 Å². The Morgan fingerprint density at radius 1 is 1.08 bits per heavy atom. The fraction of sp³-hybridized carbons (Fsp3) is 0.235. The van der Waals surface area contributed by atoms with Gasteiger partial charge in [0.25, 0.3) is 5.91 Å². The molecule has 6 nitrogen and oxygen atoms in total. The highest BCUT2D eigenvalue weighted by atomic mass is 32.2. The molecule has 128 valence electrons. The maximum atomic E-state index is 12.4. The van der Waals surface area contributed by atoms with E-state index in [9.17, 15) is 13.2 Å². The summed E-state index contributed by atoms with van der Waals surface area (Å²) >= 11 is 0. The van der Waals surface area contributed by atoms with E-state index in [2.05, 4.69) is 10.0 Å². The first kappa shape index (κ1) is 18.0. The van der Waals surface area contributed by atoms with E-state index in [4.69, 9.17) is 4.74 Å². The molecule has 0 aliphatic heterocycles. The van der Waals surface area contributed by atoms with E-state index in [1.165, 1.54) is 7.11 Å². The van der Waals surface area contributed by atoms with Gasteiger partial charge < -0.3 is 10.1 Å². The number of rotatable bonds is 7. The van der Waals surface area contributed by atoms with Crippen molar-refractivity contribution in [3.05, 3.63) is 59.7 Å². The summed E-state index contributed by atoms with van der Waals surface area (Å²) in [5, 5.41) is 2.76. The van der Waals surface area contributed by atoms with Gasteiger partial charge in [-0.05, 0) is 31.2 Å². The molecule has 2 aromatic rings. The molecule has 0 saturated carbocycles. The molecule has 0 spiro atoms. The first-order chi connectivity index (χ1) is 11.4. The lowest BCUT2D eigenvalue weighted by Crippen LogP contribution is -2.22. The number of methoxy groups -OCH3 is 1. The molecule has 0 aromatic heterocycles. The minimum absolute atomic E-state index is 0.0765. The summed E-state index contributed by atoms with van der Waals surface area (Å²) in [6.45, 7) is 2.03. The van der Waals surface area contributed by atoms with Crippen LogP contribution in [0.1, 0.15) is 15.9 Å². The molecule has 0 aliphatic carbocycles. The van der Waals surface area contributed by atoms with Gasteiger partial charge in [0, 0.05) is 12.8 Å². The number of anilines is 2. The van der Waals surface area contributed by atoms with E-state index < -0.39 is 10.0 Å². The first-order valence-corrected chi connectivity index (χ1v) is 9.03. The Morgan fingerprint density at radius 2 is 1.75 bits per heavy atom. The van der Waals surface area contributed by atoms with Gasteiger partial charge in [0.2, 0.25) is 10.0 Å². The fourth-order valence-electron chi connectivity index (χ4n) is 2.02. The Morgan fingerprint density at radius 3 is 2.42 bits per heavy atom. The van der Waals surface area contributed by atoms with Crippen LogP contribution in [-0.4, -0.2) is 33.8 Å². The van der Waals surface area contributed by atoms with Crippen molar-refractivity contribution >= 4 is 27.3 Å². The van der Waals surface area contributed by atoms with Crippen molar-refractivity contribution in [2.45, 2.75) is 6.92 Å². The molecule has 0 radical (unpaired) electrons. The highest BCUT2D eigenvalue weighted by Crippen LogP contribution is 2.19. The lowest BCUT2D eigenvalue weighted by Gasteiger charge is -2.12. The SMILES string of the molecule is COCCS(=O)(=O)Nc1ccccc1C(=O)Nc1ccc(C)cc1. The van der Waals surface area contributed by atoms with Gasteiger partial charge in [-0.15, -0.1) is 0 Å². The third-order valence-electron chi connectivity index (χ3n) is 3.30. The number of amides is 1. The zero-order valence-electron chi connectivity index (χ0n) is 13.6. The summed E-state index contributed by atoms with van der Waals surface area (Å²) in [6.07, 6.45) is 0. The molecule has 2 N–H and O–H groups in total. The number of hydrogen-bond donors (Lipinski definition) is 2. The molecule has 0 aliphatic rings. The summed E-state index contributed by atoms with van der Waals surface area (Å²) in [5.41, 5.74) is 2.21. The average molecular weight is 348 g/mol. The molecule has 0 fully saturated rings. The van der Waals surface area contributed by atoms with Crippen LogP contribution in [-0.2, 0) is 14.8 Å². The second kappa shape index (κ2) is 7.94. The van der Waals surface area contributed by atoms with E-state index in [1.807, 2.05) is 19.1 Å². The summed E-state index contributed by atoms with van der Waals surface area (Å²) in [4.78, 5) is 12.4. The molecular weight excluding hydrogens is 328 g/mol. The molecule has 2 rings (SSSR count). The molecule has 1 amide bonds. The predicted octanol–water partition coefficient (Wildman–Crippen LogP) is 2.64. The van der Waals surface area contributed by atoms with E-state index in [0.717, 1.165) is 5.56 Å². The quantitative estimate of drug-likeness (QED) is 0.805. The number of benzene rings is 2. The van der Waals surface area contributed by atoms with E-state index in [1.54, 1.807) is 36.4 Å². The third kappa shape index (κ3) is 5.07. The van der Waals surface area contributed by atoms with Gasteiger partial charge in [-0.2, -0.15) is 0 Å². The standard InChI is InChI=1S/C17H20N2O4S/c1-13-7-9-14(10-8-13)18-17(20)15-5-3-4-6-16(15)19-24(21,22)12-11-23-2/h3-10,19H,11-12H2,1-2H3,(H,18,20). The topological polar surface area (TPSA) is 84.5 Å². The molecular formula is C17H20N2O4S. The Kier molecular flexibility index (Phi) is 5.94. The van der Waals surface area contributed by atoms with Gasteiger partial charge in [-0.1, -0.05) is 29.8 Å². The van der Waals surface area contributed by atoms with Gasteiger partial charge in [0.15, 0.2) is 0 Å². The lowest BCUT2D eigenvalue weighted by molar-refractivity contribution is 0.102. The summed E-state index contributed by atoms with van der Waals surface area (Å²) in [5.74, 6) is -0.568. The summed E-state index contributed by atoms with van der Waals surface area (Å²) in [7, 11) is -2.16. The van der Waals surface area contributed by atoms with Gasteiger partial charge in [-0.3, -0.25) is 9.52 Å². The fourth-order valence-corrected chi connectivity index (χ4v) is 3.02. The number of aryl methyl sites for hydroxylation is 1. The highest BCUT2D eigenvalue weighted by Gasteiger charge is 2.16. The molecule has 0 bridgehead atoms. The Labute approximate surface area is 141 Å². The van der Waals surface area contributed by atoms with Gasteiger partial charge >= 0.3 is 0 Å². The molecule has 7 heteroatoms. The zero-order valence-corrected chi connectivity index (χ0v) is 14.4. The van der Waals surface area contributed by atoms with Crippen molar-refractivity contribution in [1.29, 1.82) is 0 Å². The maximum Gasteiger partial charge on any atom is 0.257 e. The minimum atomic E-state index is -3.59. The van der Waals surface area contributed by atoms with Crippen molar-refractivity contribution in [2.24, 2.45) is 0 Å². The van der Waals surface area contributed by atoms with E-state index >= 15 is 0 Å². The average Bonchev–Trinajstić information content (AvgIpc) is 2.55. The molecule has 24 heavy (non-hydrogen) atoms. The monoisotopic (exact) mass is 348 g/mol. The number of sulfonamides is 1. The normalized spacial score (nSPS) is 11.1. The molecule has 0 atom stereocenters. The minimum Gasteiger partial charge on any atom is -0.384 e. The smallest absolute Gasteiger partial charge is 0.257 e. The van der Waals surface area contributed by atoms with Gasteiger partial charge in [0.1, 0.15) is 0 Å². The Bertz CT molecular complexity index is 802. The zero-order chi connectivity index (χ0) is 17.6. The van der Waals surface area contributed by atoms with Crippen LogP contribution in [0.3, 0.4) is 0 Å². The van der Waals surface area contributed by atoms with Crippen LogP contribution in [0.25, 0.3) is 0 Å². The molecule has 0 heterocycles. The Balaban J connectivity index is 2.18. The highest BCUT2D eigenvalue weighted by molar-refractivity contribution is 7.92. The van der Waals surface area contributed by atoms with Gasteiger partial charge in [0.05, 0.1) is 23.6 Å². The lowest BCUT2D eigenvalue weighted by atomic mass is 10.1. The van der Waals surface area contributed by atoms with Crippen LogP contribution in [0.4, 0.5) is 11.4 Å². The van der Waals surface area contributed by atoms with Crippen molar-refractivity contribution in [2.75, 3.05) is 29.5 Å². The second-order valence-corrected chi connectivity index (χ2v) is 7.12. The number of carbonyl (C=O) groups is 1. The molecule has 2 aromatic carbocycles. The van der Waals surface area contributed by atoms with Crippen molar-refractivity contribution in [3.8, 4) is 0 Å². The number of ether oxygens (including phenoxy) is 1. The third-order valence-corrected chi connectivity index (χ3v) is 4.54. The second-order valence-electron chi connectivity index (χ2n) is 5.28. The maximum absolute atomic E-state index is 12.4. The van der Waals surface area contributed by atoms with Crippen molar-refractivity contribution in [1.82, 2.24) is 0 Å². The molecule has 0 saturated heterocycles.